The van der Waals surface area contributed by atoms with Crippen LogP contribution in [-0.4, -0.2) is 61.1 Å². The standard InChI is InChI=1S/C22H17F3N4O3S/c23-22(24,25)19-14-5-1-3-7-17(14)26-13-16(19)21(30)29-11-9-28(10-12-29)20-15-6-2-4-8-18(15)33(31,32)27-20/h1-8,13H,9-12H2. The van der Waals surface area contributed by atoms with Crippen LogP contribution >= 0.6 is 0 Å². The van der Waals surface area contributed by atoms with E-state index in [1.807, 2.05) is 0 Å². The van der Waals surface area contributed by atoms with Gasteiger partial charge in [0.1, 0.15) is 4.90 Å². The van der Waals surface area contributed by atoms with Crippen molar-refractivity contribution < 1.29 is 26.4 Å². The normalized spacial score (nSPS) is 17.7. The van der Waals surface area contributed by atoms with E-state index in [1.54, 1.807) is 29.2 Å². The number of para-hydroxylation sites is 1. The monoisotopic (exact) mass is 474 g/mol. The van der Waals surface area contributed by atoms with E-state index in [4.69, 9.17) is 0 Å². The highest BCUT2D eigenvalue weighted by atomic mass is 32.2. The highest BCUT2D eigenvalue weighted by Crippen LogP contribution is 2.37. The molecule has 3 heterocycles. The third-order valence-corrected chi connectivity index (χ3v) is 7.09. The first-order valence-electron chi connectivity index (χ1n) is 10.1. The molecule has 0 saturated carbocycles. The van der Waals surface area contributed by atoms with Gasteiger partial charge in [-0.2, -0.15) is 21.6 Å². The van der Waals surface area contributed by atoms with E-state index in [1.165, 1.54) is 29.2 Å². The minimum Gasteiger partial charge on any atom is -0.352 e. The van der Waals surface area contributed by atoms with E-state index in [0.717, 1.165) is 6.20 Å². The fourth-order valence-electron chi connectivity index (χ4n) is 4.22. The number of fused-ring (bicyclic) bond motifs is 2. The Morgan fingerprint density at radius 1 is 0.939 bits per heavy atom. The molecule has 2 aliphatic heterocycles. The molecule has 2 aromatic carbocycles. The van der Waals surface area contributed by atoms with E-state index in [9.17, 15) is 26.4 Å². The zero-order valence-electron chi connectivity index (χ0n) is 17.1. The lowest BCUT2D eigenvalue weighted by Crippen LogP contribution is -2.50. The minimum absolute atomic E-state index is 0.115. The molecule has 0 atom stereocenters. The van der Waals surface area contributed by atoms with Gasteiger partial charge in [-0.25, -0.2) is 0 Å². The van der Waals surface area contributed by atoms with Crippen LogP contribution < -0.4 is 0 Å². The number of amidine groups is 1. The summed E-state index contributed by atoms with van der Waals surface area (Å²) in [5, 5.41) is -0.128. The van der Waals surface area contributed by atoms with Crippen molar-refractivity contribution in [3.05, 3.63) is 71.4 Å². The molecule has 1 aromatic heterocycles. The van der Waals surface area contributed by atoms with Gasteiger partial charge in [-0.15, -0.1) is 4.40 Å². The van der Waals surface area contributed by atoms with Gasteiger partial charge in [0.05, 0.1) is 16.6 Å². The van der Waals surface area contributed by atoms with Gasteiger partial charge in [0.15, 0.2) is 5.84 Å². The third kappa shape index (κ3) is 3.62. The second-order valence-electron chi connectivity index (χ2n) is 7.73. The molecule has 7 nitrogen and oxygen atoms in total. The molecule has 5 rings (SSSR count). The predicted molar refractivity (Wildman–Crippen MR) is 114 cm³/mol. The Labute approximate surface area is 187 Å². The summed E-state index contributed by atoms with van der Waals surface area (Å²) < 4.78 is 70.2. The highest BCUT2D eigenvalue weighted by Gasteiger charge is 2.39. The van der Waals surface area contributed by atoms with Crippen LogP contribution in [0.2, 0.25) is 0 Å². The van der Waals surface area contributed by atoms with Crippen molar-refractivity contribution in [3.8, 4) is 0 Å². The molecule has 1 amide bonds. The summed E-state index contributed by atoms with van der Waals surface area (Å²) in [6, 6.07) is 12.3. The SMILES string of the molecule is O=C(c1cnc2ccccc2c1C(F)(F)F)N1CCN(C2=NS(=O)(=O)c3ccccc32)CC1. The van der Waals surface area contributed by atoms with Crippen LogP contribution in [0.1, 0.15) is 21.5 Å². The molecular weight excluding hydrogens is 457 g/mol. The van der Waals surface area contributed by atoms with Crippen LogP contribution in [0.25, 0.3) is 10.9 Å². The molecule has 0 radical (unpaired) electrons. The van der Waals surface area contributed by atoms with Gasteiger partial charge in [0.25, 0.3) is 15.9 Å². The number of carbonyl (C=O) groups is 1. The second-order valence-corrected chi connectivity index (χ2v) is 9.30. The van der Waals surface area contributed by atoms with Crippen LogP contribution in [0, 0.1) is 0 Å². The Balaban J connectivity index is 1.41. The summed E-state index contributed by atoms with van der Waals surface area (Å²) in [6.45, 7) is 0.696. The van der Waals surface area contributed by atoms with Crippen LogP contribution in [0.4, 0.5) is 13.2 Å². The Bertz CT molecular complexity index is 1410. The van der Waals surface area contributed by atoms with Gasteiger partial charge in [-0.1, -0.05) is 30.3 Å². The van der Waals surface area contributed by atoms with Crippen molar-refractivity contribution in [2.45, 2.75) is 11.1 Å². The van der Waals surface area contributed by atoms with Crippen molar-refractivity contribution in [2.24, 2.45) is 4.40 Å². The van der Waals surface area contributed by atoms with Crippen LogP contribution in [-0.2, 0) is 16.2 Å². The molecule has 11 heteroatoms. The third-order valence-electron chi connectivity index (χ3n) is 5.77. The number of sulfonamides is 1. The molecule has 3 aromatic rings. The van der Waals surface area contributed by atoms with Gasteiger partial charge in [0, 0.05) is 43.3 Å². The molecule has 0 aliphatic carbocycles. The Kier molecular flexibility index (Phi) is 4.89. The molecule has 170 valence electrons. The summed E-state index contributed by atoms with van der Waals surface area (Å²) >= 11 is 0. The number of halogens is 3. The number of benzene rings is 2. The van der Waals surface area contributed by atoms with Crippen molar-refractivity contribution in [1.29, 1.82) is 0 Å². The molecule has 1 saturated heterocycles. The summed E-state index contributed by atoms with van der Waals surface area (Å²) in [4.78, 5) is 20.3. The molecular formula is C22H17F3N4O3S. The fourth-order valence-corrected chi connectivity index (χ4v) is 5.44. The van der Waals surface area contributed by atoms with Crippen LogP contribution in [0.3, 0.4) is 0 Å². The molecule has 1 fully saturated rings. The molecule has 0 bridgehead atoms. The molecule has 2 aliphatic rings. The summed E-state index contributed by atoms with van der Waals surface area (Å²) in [5.74, 6) is -0.470. The molecule has 33 heavy (non-hydrogen) atoms. The summed E-state index contributed by atoms with van der Waals surface area (Å²) in [7, 11) is -3.79. The number of alkyl halides is 3. The number of rotatable bonds is 1. The quantitative estimate of drug-likeness (QED) is 0.541. The fraction of sp³-hybridized carbons (Fsp3) is 0.227. The minimum atomic E-state index is -4.73. The topological polar surface area (TPSA) is 82.9 Å². The van der Waals surface area contributed by atoms with Gasteiger partial charge in [-0.05, 0) is 18.2 Å². The summed E-state index contributed by atoms with van der Waals surface area (Å²) in [6.07, 6.45) is -3.75. The van der Waals surface area contributed by atoms with Crippen LogP contribution in [0.15, 0.2) is 64.0 Å². The Morgan fingerprint density at radius 3 is 2.33 bits per heavy atom. The molecule has 0 spiro atoms. The smallest absolute Gasteiger partial charge is 0.352 e. The first kappa shape index (κ1) is 21.4. The van der Waals surface area contributed by atoms with E-state index in [2.05, 4.69) is 9.38 Å². The maximum atomic E-state index is 13.9. The number of amides is 1. The lowest BCUT2D eigenvalue weighted by atomic mass is 10.0. The number of piperazine rings is 1. The number of carbonyl (C=O) groups excluding carboxylic acids is 1. The zero-order chi connectivity index (χ0) is 23.4. The number of aromatic nitrogens is 1. The largest absolute Gasteiger partial charge is 0.417 e. The predicted octanol–water partition coefficient (Wildman–Crippen LogP) is 3.16. The van der Waals surface area contributed by atoms with Gasteiger partial charge >= 0.3 is 6.18 Å². The van der Waals surface area contributed by atoms with Crippen LogP contribution in [0.5, 0.6) is 0 Å². The number of nitrogens with zero attached hydrogens (tertiary/aromatic N) is 4. The number of pyridine rings is 1. The zero-order valence-corrected chi connectivity index (χ0v) is 17.9. The lowest BCUT2D eigenvalue weighted by Gasteiger charge is -2.36. The number of hydrogen-bond acceptors (Lipinski definition) is 5. The summed E-state index contributed by atoms with van der Waals surface area (Å²) in [5.41, 5.74) is -0.859. The highest BCUT2D eigenvalue weighted by molar-refractivity contribution is 7.90. The van der Waals surface area contributed by atoms with Crippen molar-refractivity contribution in [2.75, 3.05) is 26.2 Å². The maximum Gasteiger partial charge on any atom is 0.417 e. The van der Waals surface area contributed by atoms with Gasteiger partial charge in [-0.3, -0.25) is 9.78 Å². The molecule has 0 unspecified atom stereocenters. The van der Waals surface area contributed by atoms with Crippen molar-refractivity contribution in [3.63, 3.8) is 0 Å². The first-order chi connectivity index (χ1) is 15.7. The Hall–Kier alpha value is -3.47. The molecule has 0 N–H and O–H groups in total. The second kappa shape index (κ2) is 7.55. The Morgan fingerprint density at radius 2 is 1.61 bits per heavy atom. The first-order valence-corrected chi connectivity index (χ1v) is 11.5. The van der Waals surface area contributed by atoms with Gasteiger partial charge < -0.3 is 9.80 Å². The van der Waals surface area contributed by atoms with E-state index >= 15 is 0 Å². The van der Waals surface area contributed by atoms with E-state index in [0.29, 0.717) is 11.4 Å². The van der Waals surface area contributed by atoms with E-state index in [-0.39, 0.29) is 42.0 Å². The van der Waals surface area contributed by atoms with Crippen molar-refractivity contribution >= 4 is 32.7 Å². The average Bonchev–Trinajstić information content (AvgIpc) is 3.08. The van der Waals surface area contributed by atoms with Gasteiger partial charge in [0.2, 0.25) is 0 Å². The van der Waals surface area contributed by atoms with Crippen molar-refractivity contribution in [1.82, 2.24) is 14.8 Å². The average molecular weight is 474 g/mol. The maximum absolute atomic E-state index is 13.9. The van der Waals surface area contributed by atoms with E-state index < -0.39 is 33.2 Å². The number of hydrogen-bond donors (Lipinski definition) is 0. The lowest BCUT2D eigenvalue weighted by molar-refractivity contribution is -0.136.